The zero-order valence-corrected chi connectivity index (χ0v) is 13.8. The van der Waals surface area contributed by atoms with E-state index in [4.69, 9.17) is 23.2 Å². The van der Waals surface area contributed by atoms with Gasteiger partial charge in [-0.1, -0.05) is 23.2 Å². The molecule has 1 rings (SSSR count). The second kappa shape index (κ2) is 6.41. The maximum Gasteiger partial charge on any atom is 0.244 e. The fourth-order valence-corrected chi connectivity index (χ4v) is 3.42. The highest BCUT2D eigenvalue weighted by atomic mass is 35.5. The molecule has 0 saturated carbocycles. The van der Waals surface area contributed by atoms with E-state index in [9.17, 15) is 8.42 Å². The van der Waals surface area contributed by atoms with Gasteiger partial charge in [0.1, 0.15) is 4.90 Å². The van der Waals surface area contributed by atoms with Crippen molar-refractivity contribution >= 4 is 33.2 Å². The average Bonchev–Trinajstić information content (AvgIpc) is 2.30. The molecular weight excluding hydrogens is 307 g/mol. The van der Waals surface area contributed by atoms with Crippen molar-refractivity contribution in [3.05, 3.63) is 27.7 Å². The Balaban J connectivity index is 3.10. The van der Waals surface area contributed by atoms with E-state index >= 15 is 0 Å². The smallest absolute Gasteiger partial charge is 0.244 e. The number of nitrogens with zero attached hydrogens (tertiary/aromatic N) is 2. The zero-order valence-electron chi connectivity index (χ0n) is 11.4. The summed E-state index contributed by atoms with van der Waals surface area (Å²) in [5.41, 5.74) is 0.686. The van der Waals surface area contributed by atoms with Gasteiger partial charge >= 0.3 is 0 Å². The first kappa shape index (κ1) is 16.7. The second-order valence-electron chi connectivity index (χ2n) is 4.66. The van der Waals surface area contributed by atoms with Crippen molar-refractivity contribution < 1.29 is 8.42 Å². The van der Waals surface area contributed by atoms with Crippen LogP contribution in [0.5, 0.6) is 0 Å². The van der Waals surface area contributed by atoms with E-state index in [1.165, 1.54) is 16.4 Å². The summed E-state index contributed by atoms with van der Waals surface area (Å²) in [4.78, 5) is 2.01. The minimum atomic E-state index is -3.59. The molecule has 0 unspecified atom stereocenters. The molecule has 0 fully saturated rings. The van der Waals surface area contributed by atoms with Gasteiger partial charge in [0.25, 0.3) is 0 Å². The summed E-state index contributed by atoms with van der Waals surface area (Å²) in [6.07, 6.45) is 0. The molecule has 7 heteroatoms. The minimum absolute atomic E-state index is 0.0947. The van der Waals surface area contributed by atoms with Crippen LogP contribution < -0.4 is 0 Å². The van der Waals surface area contributed by atoms with Gasteiger partial charge < -0.3 is 4.90 Å². The standard InChI is InChI=1S/C12H18Cl2N2O2S/c1-9-7-12(11(14)8-10(9)13)19(17,18)16(4)6-5-15(2)3/h7-8H,5-6H2,1-4H3. The van der Waals surface area contributed by atoms with E-state index < -0.39 is 10.0 Å². The van der Waals surface area contributed by atoms with Gasteiger partial charge in [0.05, 0.1) is 5.02 Å². The molecule has 0 aromatic heterocycles. The molecule has 0 amide bonds. The Kier molecular flexibility index (Phi) is 5.65. The van der Waals surface area contributed by atoms with Crippen LogP contribution in [0.2, 0.25) is 10.0 Å². The molecule has 0 aliphatic heterocycles. The fraction of sp³-hybridized carbons (Fsp3) is 0.500. The summed E-state index contributed by atoms with van der Waals surface area (Å²) >= 11 is 11.9. The van der Waals surface area contributed by atoms with Gasteiger partial charge in [-0.3, -0.25) is 0 Å². The minimum Gasteiger partial charge on any atom is -0.308 e. The first-order chi connectivity index (χ1) is 8.66. The molecule has 0 saturated heterocycles. The maximum atomic E-state index is 12.4. The molecule has 1 aromatic rings. The predicted molar refractivity (Wildman–Crippen MR) is 79.6 cm³/mol. The van der Waals surface area contributed by atoms with Crippen molar-refractivity contribution in [3.8, 4) is 0 Å². The van der Waals surface area contributed by atoms with E-state index in [0.29, 0.717) is 23.7 Å². The van der Waals surface area contributed by atoms with Crippen LogP contribution in [0.25, 0.3) is 0 Å². The Hall–Kier alpha value is -0.330. The third kappa shape index (κ3) is 4.07. The molecule has 0 radical (unpaired) electrons. The molecule has 0 heterocycles. The average molecular weight is 325 g/mol. The molecule has 0 spiro atoms. The summed E-state index contributed by atoms with van der Waals surface area (Å²) in [7, 11) is 1.73. The number of benzene rings is 1. The van der Waals surface area contributed by atoms with E-state index in [1.54, 1.807) is 14.0 Å². The summed E-state index contributed by atoms with van der Waals surface area (Å²) in [5, 5.41) is 0.604. The van der Waals surface area contributed by atoms with Crippen LogP contribution in [0, 0.1) is 6.92 Å². The number of aryl methyl sites for hydroxylation is 1. The van der Waals surface area contributed by atoms with Crippen molar-refractivity contribution in [2.75, 3.05) is 34.2 Å². The van der Waals surface area contributed by atoms with Gasteiger partial charge in [-0.15, -0.1) is 0 Å². The van der Waals surface area contributed by atoms with Crippen LogP contribution >= 0.6 is 23.2 Å². The van der Waals surface area contributed by atoms with Crippen LogP contribution in [0.3, 0.4) is 0 Å². The molecule has 19 heavy (non-hydrogen) atoms. The Labute approximate surface area is 125 Å². The van der Waals surface area contributed by atoms with E-state index in [1.807, 2.05) is 19.0 Å². The topological polar surface area (TPSA) is 40.6 Å². The number of sulfonamides is 1. The van der Waals surface area contributed by atoms with Crippen LogP contribution in [0.1, 0.15) is 5.56 Å². The molecule has 0 N–H and O–H groups in total. The molecule has 108 valence electrons. The number of hydrogen-bond donors (Lipinski definition) is 0. The summed E-state index contributed by atoms with van der Waals surface area (Å²) < 4.78 is 26.1. The quantitative estimate of drug-likeness (QED) is 0.835. The van der Waals surface area contributed by atoms with Gasteiger partial charge in [-0.05, 0) is 38.7 Å². The first-order valence-corrected chi connectivity index (χ1v) is 7.92. The molecule has 0 atom stereocenters. The van der Waals surface area contributed by atoms with E-state index in [0.717, 1.165) is 0 Å². The summed E-state index contributed by atoms with van der Waals surface area (Å²) in [6, 6.07) is 2.97. The monoisotopic (exact) mass is 324 g/mol. The molecule has 0 aliphatic carbocycles. The highest BCUT2D eigenvalue weighted by Gasteiger charge is 2.24. The predicted octanol–water partition coefficient (Wildman–Crippen LogP) is 2.48. The SMILES string of the molecule is Cc1cc(S(=O)(=O)N(C)CCN(C)C)c(Cl)cc1Cl. The Bertz CT molecular complexity index is 559. The van der Waals surface area contributed by atoms with Gasteiger partial charge in [0.2, 0.25) is 10.0 Å². The van der Waals surface area contributed by atoms with Gasteiger partial charge in [-0.25, -0.2) is 8.42 Å². The lowest BCUT2D eigenvalue weighted by Gasteiger charge is -2.20. The Morgan fingerprint density at radius 3 is 2.16 bits per heavy atom. The van der Waals surface area contributed by atoms with Gasteiger partial charge in [-0.2, -0.15) is 4.31 Å². The molecule has 1 aromatic carbocycles. The van der Waals surface area contributed by atoms with Crippen molar-refractivity contribution in [3.63, 3.8) is 0 Å². The fourth-order valence-electron chi connectivity index (χ4n) is 1.46. The van der Waals surface area contributed by atoms with E-state index in [-0.39, 0.29) is 9.92 Å². The van der Waals surface area contributed by atoms with Gasteiger partial charge in [0, 0.05) is 25.2 Å². The highest BCUT2D eigenvalue weighted by Crippen LogP contribution is 2.29. The number of hydrogen-bond acceptors (Lipinski definition) is 3. The number of halogens is 2. The van der Waals surface area contributed by atoms with Crippen LogP contribution in [-0.2, 0) is 10.0 Å². The third-order valence-corrected chi connectivity index (χ3v) is 5.49. The van der Waals surface area contributed by atoms with Gasteiger partial charge in [0.15, 0.2) is 0 Å². The zero-order chi connectivity index (χ0) is 14.8. The van der Waals surface area contributed by atoms with E-state index in [2.05, 4.69) is 0 Å². The van der Waals surface area contributed by atoms with Crippen LogP contribution in [0.4, 0.5) is 0 Å². The molecule has 4 nitrogen and oxygen atoms in total. The summed E-state index contributed by atoms with van der Waals surface area (Å²) in [6.45, 7) is 2.78. The van der Waals surface area contributed by atoms with Crippen molar-refractivity contribution in [1.82, 2.24) is 9.21 Å². The van der Waals surface area contributed by atoms with Crippen molar-refractivity contribution in [2.24, 2.45) is 0 Å². The number of rotatable bonds is 5. The Morgan fingerprint density at radius 2 is 1.63 bits per heavy atom. The third-order valence-electron chi connectivity index (χ3n) is 2.76. The highest BCUT2D eigenvalue weighted by molar-refractivity contribution is 7.89. The lowest BCUT2D eigenvalue weighted by molar-refractivity contribution is 0.358. The van der Waals surface area contributed by atoms with Crippen LogP contribution in [0.15, 0.2) is 17.0 Å². The van der Waals surface area contributed by atoms with Crippen molar-refractivity contribution in [1.29, 1.82) is 0 Å². The second-order valence-corrected chi connectivity index (χ2v) is 7.49. The Morgan fingerprint density at radius 1 is 1.05 bits per heavy atom. The first-order valence-electron chi connectivity index (χ1n) is 5.73. The van der Waals surface area contributed by atoms with Crippen LogP contribution in [-0.4, -0.2) is 51.9 Å². The largest absolute Gasteiger partial charge is 0.308 e. The number of likely N-dealkylation sites (N-methyl/N-ethyl adjacent to an activating group) is 2. The molecular formula is C12H18Cl2N2O2S. The van der Waals surface area contributed by atoms with Crippen molar-refractivity contribution in [2.45, 2.75) is 11.8 Å². The molecule has 0 bridgehead atoms. The normalized spacial score (nSPS) is 12.4. The maximum absolute atomic E-state index is 12.4. The lowest BCUT2D eigenvalue weighted by Crippen LogP contribution is -2.33. The molecule has 0 aliphatic rings. The lowest BCUT2D eigenvalue weighted by atomic mass is 10.2. The summed E-state index contributed by atoms with van der Waals surface area (Å²) in [5.74, 6) is 0.